The first-order valence-electron chi connectivity index (χ1n) is 4.97. The molecule has 0 unspecified atom stereocenters. The molecule has 0 atom stereocenters. The van der Waals surface area contributed by atoms with Gasteiger partial charge in [0.1, 0.15) is 5.78 Å². The van der Waals surface area contributed by atoms with Crippen LogP contribution in [0.15, 0.2) is 22.7 Å². The van der Waals surface area contributed by atoms with Crippen LogP contribution in [-0.4, -0.2) is 18.9 Å². The highest BCUT2D eigenvalue weighted by Gasteiger charge is 2.13. The Labute approximate surface area is 103 Å². The maximum Gasteiger partial charge on any atom is 0.338 e. The Kier molecular flexibility index (Phi) is 4.68. The van der Waals surface area contributed by atoms with Crippen LogP contribution in [0, 0.1) is 0 Å². The molecular formula is C12H13BrO3. The number of halogens is 1. The van der Waals surface area contributed by atoms with Gasteiger partial charge in [-0.25, -0.2) is 4.79 Å². The zero-order chi connectivity index (χ0) is 12.1. The number of carbonyl (C=O) groups excluding carboxylic acids is 2. The van der Waals surface area contributed by atoms with Crippen LogP contribution in [0.2, 0.25) is 0 Å². The third kappa shape index (κ3) is 3.17. The molecule has 1 aromatic carbocycles. The summed E-state index contributed by atoms with van der Waals surface area (Å²) in [5, 5.41) is 0. The zero-order valence-electron chi connectivity index (χ0n) is 9.25. The highest BCUT2D eigenvalue weighted by molar-refractivity contribution is 9.10. The Bertz CT molecular complexity index is 413. The highest BCUT2D eigenvalue weighted by Crippen LogP contribution is 2.18. The molecule has 0 amide bonds. The Morgan fingerprint density at radius 2 is 2.06 bits per heavy atom. The monoisotopic (exact) mass is 284 g/mol. The molecule has 3 nitrogen and oxygen atoms in total. The molecule has 0 aromatic heterocycles. The van der Waals surface area contributed by atoms with Gasteiger partial charge in [0.05, 0.1) is 12.7 Å². The van der Waals surface area contributed by atoms with Gasteiger partial charge in [-0.3, -0.25) is 4.79 Å². The van der Waals surface area contributed by atoms with E-state index in [-0.39, 0.29) is 12.2 Å². The van der Waals surface area contributed by atoms with Crippen LogP contribution < -0.4 is 0 Å². The number of esters is 1. The maximum atomic E-state index is 11.5. The summed E-state index contributed by atoms with van der Waals surface area (Å²) in [6.07, 6.45) is 0.730. The third-order valence-corrected chi connectivity index (χ3v) is 2.75. The van der Waals surface area contributed by atoms with Crippen molar-refractivity contribution in [3.63, 3.8) is 0 Å². The number of ketones is 1. The minimum absolute atomic E-state index is 0.100. The fraction of sp³-hybridized carbons (Fsp3) is 0.333. The van der Waals surface area contributed by atoms with Gasteiger partial charge >= 0.3 is 5.97 Å². The second-order valence-corrected chi connectivity index (χ2v) is 4.28. The van der Waals surface area contributed by atoms with Crippen LogP contribution in [0.4, 0.5) is 0 Å². The SMILES string of the molecule is CCC(=O)Cc1cc(Br)ccc1C(=O)OC. The molecule has 0 fully saturated rings. The molecule has 0 bridgehead atoms. The molecule has 1 rings (SSSR count). The second kappa shape index (κ2) is 5.80. The zero-order valence-corrected chi connectivity index (χ0v) is 10.8. The molecule has 1 aromatic rings. The topological polar surface area (TPSA) is 43.4 Å². The first kappa shape index (κ1) is 12.9. The predicted molar refractivity (Wildman–Crippen MR) is 64.5 cm³/mol. The molecular weight excluding hydrogens is 272 g/mol. The Morgan fingerprint density at radius 1 is 1.38 bits per heavy atom. The number of methoxy groups -OCH3 is 1. The van der Waals surface area contributed by atoms with E-state index >= 15 is 0 Å². The van der Waals surface area contributed by atoms with Crippen molar-refractivity contribution in [1.82, 2.24) is 0 Å². The predicted octanol–water partition coefficient (Wildman–Crippen LogP) is 2.76. The summed E-state index contributed by atoms with van der Waals surface area (Å²) in [5.41, 5.74) is 1.15. The smallest absolute Gasteiger partial charge is 0.338 e. The molecule has 0 heterocycles. The van der Waals surface area contributed by atoms with Gasteiger partial charge in [-0.1, -0.05) is 22.9 Å². The van der Waals surface area contributed by atoms with Crippen LogP contribution in [-0.2, 0) is 16.0 Å². The molecule has 0 spiro atoms. The van der Waals surface area contributed by atoms with E-state index in [9.17, 15) is 9.59 Å². The lowest BCUT2D eigenvalue weighted by molar-refractivity contribution is -0.118. The third-order valence-electron chi connectivity index (χ3n) is 2.25. The standard InChI is InChI=1S/C12H13BrO3/c1-3-10(14)7-8-6-9(13)4-5-11(8)12(15)16-2/h4-6H,3,7H2,1-2H3. The van der Waals surface area contributed by atoms with E-state index in [0.717, 1.165) is 4.47 Å². The van der Waals surface area contributed by atoms with E-state index in [1.807, 2.05) is 0 Å². The second-order valence-electron chi connectivity index (χ2n) is 3.36. The Balaban J connectivity index is 3.08. The molecule has 0 aliphatic rings. The summed E-state index contributed by atoms with van der Waals surface area (Å²) in [6, 6.07) is 5.19. The lowest BCUT2D eigenvalue weighted by atomic mass is 10.0. The van der Waals surface area contributed by atoms with Crippen molar-refractivity contribution in [3.05, 3.63) is 33.8 Å². The molecule has 86 valence electrons. The number of benzene rings is 1. The number of hydrogen-bond acceptors (Lipinski definition) is 3. The molecule has 4 heteroatoms. The summed E-state index contributed by atoms with van der Waals surface area (Å²) in [6.45, 7) is 1.80. The van der Waals surface area contributed by atoms with Crippen LogP contribution in [0.3, 0.4) is 0 Å². The van der Waals surface area contributed by atoms with Crippen LogP contribution in [0.5, 0.6) is 0 Å². The summed E-state index contributed by atoms with van der Waals surface area (Å²) in [5.74, 6) is -0.311. The van der Waals surface area contributed by atoms with E-state index < -0.39 is 5.97 Å². The number of ether oxygens (including phenoxy) is 1. The normalized spacial score (nSPS) is 9.94. The van der Waals surface area contributed by atoms with Crippen molar-refractivity contribution >= 4 is 27.7 Å². The van der Waals surface area contributed by atoms with Gasteiger partial charge in [-0.05, 0) is 23.8 Å². The van der Waals surface area contributed by atoms with Gasteiger partial charge in [-0.15, -0.1) is 0 Å². The number of carbonyl (C=O) groups is 2. The van der Waals surface area contributed by atoms with E-state index in [1.165, 1.54) is 7.11 Å². The molecule has 0 N–H and O–H groups in total. The quantitative estimate of drug-likeness (QED) is 0.799. The van der Waals surface area contributed by atoms with Crippen molar-refractivity contribution in [2.24, 2.45) is 0 Å². The Hall–Kier alpha value is -1.16. The molecule has 0 saturated carbocycles. The first-order chi connectivity index (χ1) is 7.58. The van der Waals surface area contributed by atoms with Crippen LogP contribution >= 0.6 is 15.9 Å². The highest BCUT2D eigenvalue weighted by atomic mass is 79.9. The van der Waals surface area contributed by atoms with Crippen LogP contribution in [0.25, 0.3) is 0 Å². The molecule has 0 saturated heterocycles. The van der Waals surface area contributed by atoms with E-state index in [1.54, 1.807) is 25.1 Å². The molecule has 0 radical (unpaired) electrons. The fourth-order valence-corrected chi connectivity index (χ4v) is 1.76. The van der Waals surface area contributed by atoms with Gasteiger partial charge in [0.25, 0.3) is 0 Å². The van der Waals surface area contributed by atoms with Crippen molar-refractivity contribution < 1.29 is 14.3 Å². The van der Waals surface area contributed by atoms with Gasteiger partial charge in [0.2, 0.25) is 0 Å². The van der Waals surface area contributed by atoms with Gasteiger partial charge in [0.15, 0.2) is 0 Å². The summed E-state index contributed by atoms with van der Waals surface area (Å²) in [4.78, 5) is 22.9. The van der Waals surface area contributed by atoms with E-state index in [0.29, 0.717) is 17.5 Å². The van der Waals surface area contributed by atoms with Crippen molar-refractivity contribution in [2.75, 3.05) is 7.11 Å². The van der Waals surface area contributed by atoms with Crippen molar-refractivity contribution in [1.29, 1.82) is 0 Å². The summed E-state index contributed by atoms with van der Waals surface area (Å²) < 4.78 is 5.51. The minimum Gasteiger partial charge on any atom is -0.465 e. The summed E-state index contributed by atoms with van der Waals surface area (Å²) in [7, 11) is 1.33. The lowest BCUT2D eigenvalue weighted by Gasteiger charge is -2.07. The van der Waals surface area contributed by atoms with Crippen molar-refractivity contribution in [3.8, 4) is 0 Å². The van der Waals surface area contributed by atoms with Crippen LogP contribution in [0.1, 0.15) is 29.3 Å². The Morgan fingerprint density at radius 3 is 2.62 bits per heavy atom. The van der Waals surface area contributed by atoms with Gasteiger partial charge < -0.3 is 4.74 Å². The largest absolute Gasteiger partial charge is 0.465 e. The summed E-state index contributed by atoms with van der Waals surface area (Å²) >= 11 is 3.32. The average molecular weight is 285 g/mol. The number of Topliss-reactive ketones (excluding diaryl/α,β-unsaturated/α-hetero) is 1. The lowest BCUT2D eigenvalue weighted by Crippen LogP contribution is -2.09. The van der Waals surface area contributed by atoms with E-state index in [4.69, 9.17) is 0 Å². The maximum absolute atomic E-state index is 11.5. The molecule has 0 aliphatic heterocycles. The molecule has 0 aliphatic carbocycles. The van der Waals surface area contributed by atoms with Gasteiger partial charge in [0, 0.05) is 17.3 Å². The van der Waals surface area contributed by atoms with E-state index in [2.05, 4.69) is 20.7 Å². The van der Waals surface area contributed by atoms with Crippen molar-refractivity contribution in [2.45, 2.75) is 19.8 Å². The average Bonchev–Trinajstić information content (AvgIpc) is 2.28. The molecule has 16 heavy (non-hydrogen) atoms. The minimum atomic E-state index is -0.411. The van der Waals surface area contributed by atoms with Gasteiger partial charge in [-0.2, -0.15) is 0 Å². The fourth-order valence-electron chi connectivity index (χ4n) is 1.36. The first-order valence-corrected chi connectivity index (χ1v) is 5.76. The number of hydrogen-bond donors (Lipinski definition) is 0. The number of rotatable bonds is 4.